The van der Waals surface area contributed by atoms with Gasteiger partial charge in [-0.25, -0.2) is 4.98 Å². The van der Waals surface area contributed by atoms with Gasteiger partial charge in [-0.2, -0.15) is 0 Å². The third-order valence-electron chi connectivity index (χ3n) is 3.00. The fraction of sp³-hybridized carbons (Fsp3) is 0.545. The van der Waals surface area contributed by atoms with Gasteiger partial charge in [-0.15, -0.1) is 11.3 Å². The highest BCUT2D eigenvalue weighted by Gasteiger charge is 2.29. The zero-order valence-corrected chi connectivity index (χ0v) is 10.7. The standard InChI is InChI=1S/C11H15N3O3S/c12-4-9-13-8(6-18-9)10(15)14-3-1-2-7(5-14)11(16)17/h6-7H,1-5,12H2,(H,16,17)/t7-/m1/s1. The number of aromatic nitrogens is 1. The predicted octanol–water partition coefficient (Wildman–Crippen LogP) is 0.539. The lowest BCUT2D eigenvalue weighted by Gasteiger charge is -2.30. The van der Waals surface area contributed by atoms with Crippen LogP contribution in [0.3, 0.4) is 0 Å². The van der Waals surface area contributed by atoms with Crippen LogP contribution in [0.25, 0.3) is 0 Å². The van der Waals surface area contributed by atoms with E-state index in [2.05, 4.69) is 4.98 Å². The summed E-state index contributed by atoms with van der Waals surface area (Å²) in [6.07, 6.45) is 1.35. The number of likely N-dealkylation sites (tertiary alicyclic amines) is 1. The SMILES string of the molecule is NCc1nc(C(=O)N2CCC[C@@H](C(=O)O)C2)cs1. The van der Waals surface area contributed by atoms with Crippen molar-refractivity contribution < 1.29 is 14.7 Å². The zero-order valence-electron chi connectivity index (χ0n) is 9.83. The van der Waals surface area contributed by atoms with Gasteiger partial charge in [0, 0.05) is 25.0 Å². The van der Waals surface area contributed by atoms with Crippen LogP contribution in [0.1, 0.15) is 28.3 Å². The number of nitrogens with zero attached hydrogens (tertiary/aromatic N) is 2. The number of hydrogen-bond acceptors (Lipinski definition) is 5. The molecule has 1 fully saturated rings. The molecule has 1 saturated heterocycles. The molecule has 0 aliphatic carbocycles. The van der Waals surface area contributed by atoms with Gasteiger partial charge in [-0.05, 0) is 12.8 Å². The molecule has 7 heteroatoms. The zero-order chi connectivity index (χ0) is 13.1. The average molecular weight is 269 g/mol. The van der Waals surface area contributed by atoms with Crippen LogP contribution in [0.5, 0.6) is 0 Å². The van der Waals surface area contributed by atoms with E-state index in [1.165, 1.54) is 11.3 Å². The molecule has 0 bridgehead atoms. The van der Waals surface area contributed by atoms with Gasteiger partial charge in [0.25, 0.3) is 5.91 Å². The van der Waals surface area contributed by atoms with Gasteiger partial charge >= 0.3 is 5.97 Å². The molecule has 2 heterocycles. The summed E-state index contributed by atoms with van der Waals surface area (Å²) in [5.41, 5.74) is 5.82. The second-order valence-corrected chi connectivity index (χ2v) is 5.20. The minimum Gasteiger partial charge on any atom is -0.481 e. The van der Waals surface area contributed by atoms with Gasteiger partial charge < -0.3 is 15.7 Å². The summed E-state index contributed by atoms with van der Waals surface area (Å²) in [6.45, 7) is 1.18. The number of carbonyl (C=O) groups excluding carboxylic acids is 1. The summed E-state index contributed by atoms with van der Waals surface area (Å²) >= 11 is 1.35. The number of hydrogen-bond donors (Lipinski definition) is 2. The topological polar surface area (TPSA) is 96.5 Å². The molecule has 1 amide bonds. The fourth-order valence-electron chi connectivity index (χ4n) is 2.03. The number of thiazole rings is 1. The molecule has 6 nitrogen and oxygen atoms in total. The van der Waals surface area contributed by atoms with Crippen LogP contribution in [0, 0.1) is 5.92 Å². The second-order valence-electron chi connectivity index (χ2n) is 4.26. The third kappa shape index (κ3) is 2.68. The maximum absolute atomic E-state index is 12.1. The minimum absolute atomic E-state index is 0.197. The number of carboxylic acids is 1. The number of rotatable bonds is 3. The van der Waals surface area contributed by atoms with Crippen LogP contribution in [-0.2, 0) is 11.3 Å². The van der Waals surface area contributed by atoms with Gasteiger partial charge in [0.1, 0.15) is 10.7 Å². The van der Waals surface area contributed by atoms with E-state index in [9.17, 15) is 9.59 Å². The smallest absolute Gasteiger partial charge is 0.308 e. The molecule has 1 aromatic heterocycles. The first-order valence-electron chi connectivity index (χ1n) is 5.78. The van der Waals surface area contributed by atoms with E-state index in [0.29, 0.717) is 30.2 Å². The van der Waals surface area contributed by atoms with E-state index in [0.717, 1.165) is 6.42 Å². The van der Waals surface area contributed by atoms with Gasteiger partial charge in [0.2, 0.25) is 0 Å². The molecule has 0 spiro atoms. The lowest BCUT2D eigenvalue weighted by atomic mass is 9.98. The van der Waals surface area contributed by atoms with Crippen molar-refractivity contribution in [2.75, 3.05) is 13.1 Å². The van der Waals surface area contributed by atoms with Crippen LogP contribution in [0.2, 0.25) is 0 Å². The largest absolute Gasteiger partial charge is 0.481 e. The summed E-state index contributed by atoms with van der Waals surface area (Å²) < 4.78 is 0. The Morgan fingerprint density at radius 3 is 3.00 bits per heavy atom. The summed E-state index contributed by atoms with van der Waals surface area (Å²) in [6, 6.07) is 0. The van der Waals surface area contributed by atoms with Crippen LogP contribution in [-0.4, -0.2) is 40.0 Å². The van der Waals surface area contributed by atoms with Crippen molar-refractivity contribution >= 4 is 23.2 Å². The van der Waals surface area contributed by atoms with E-state index in [-0.39, 0.29) is 12.5 Å². The first-order chi connectivity index (χ1) is 8.61. The normalized spacial score (nSPS) is 19.8. The number of carbonyl (C=O) groups is 2. The van der Waals surface area contributed by atoms with Gasteiger partial charge in [-0.1, -0.05) is 0 Å². The van der Waals surface area contributed by atoms with Crippen molar-refractivity contribution in [2.24, 2.45) is 11.7 Å². The highest BCUT2D eigenvalue weighted by molar-refractivity contribution is 7.09. The first kappa shape index (κ1) is 13.0. The van der Waals surface area contributed by atoms with Crippen molar-refractivity contribution in [1.29, 1.82) is 0 Å². The summed E-state index contributed by atoms with van der Waals surface area (Å²) in [5.74, 6) is -1.50. The Morgan fingerprint density at radius 2 is 2.39 bits per heavy atom. The Hall–Kier alpha value is -1.47. The molecule has 0 saturated carbocycles. The number of piperidine rings is 1. The second kappa shape index (κ2) is 5.45. The molecule has 3 N–H and O–H groups in total. The summed E-state index contributed by atoms with van der Waals surface area (Å²) in [4.78, 5) is 28.8. The molecule has 18 heavy (non-hydrogen) atoms. The number of carboxylic acid groups (broad SMARTS) is 1. The minimum atomic E-state index is -0.839. The van der Waals surface area contributed by atoms with Crippen LogP contribution in [0.4, 0.5) is 0 Å². The molecule has 1 aliphatic heterocycles. The van der Waals surface area contributed by atoms with Crippen LogP contribution >= 0.6 is 11.3 Å². The summed E-state index contributed by atoms with van der Waals surface area (Å²) in [5, 5.41) is 11.4. The Bertz CT molecular complexity index is 460. The molecule has 0 aromatic carbocycles. The van der Waals surface area contributed by atoms with Crippen molar-refractivity contribution in [3.63, 3.8) is 0 Å². The van der Waals surface area contributed by atoms with Crippen molar-refractivity contribution in [1.82, 2.24) is 9.88 Å². The van der Waals surface area contributed by atoms with E-state index >= 15 is 0 Å². The number of nitrogens with two attached hydrogens (primary N) is 1. The molecular weight excluding hydrogens is 254 g/mol. The predicted molar refractivity (Wildman–Crippen MR) is 66.3 cm³/mol. The van der Waals surface area contributed by atoms with Crippen molar-refractivity contribution in [2.45, 2.75) is 19.4 Å². The number of aliphatic carboxylic acids is 1. The van der Waals surface area contributed by atoms with E-state index in [4.69, 9.17) is 10.8 Å². The molecular formula is C11H15N3O3S. The monoisotopic (exact) mass is 269 g/mol. The molecule has 0 radical (unpaired) electrons. The van der Waals surface area contributed by atoms with E-state index < -0.39 is 11.9 Å². The average Bonchev–Trinajstić information content (AvgIpc) is 2.86. The van der Waals surface area contributed by atoms with Gasteiger partial charge in [-0.3, -0.25) is 9.59 Å². The molecule has 2 rings (SSSR count). The van der Waals surface area contributed by atoms with Crippen molar-refractivity contribution in [3.8, 4) is 0 Å². The molecule has 0 unspecified atom stereocenters. The molecule has 98 valence electrons. The Balaban J connectivity index is 2.06. The van der Waals surface area contributed by atoms with Crippen LogP contribution in [0.15, 0.2) is 5.38 Å². The highest BCUT2D eigenvalue weighted by atomic mass is 32.1. The van der Waals surface area contributed by atoms with E-state index in [1.54, 1.807) is 10.3 Å². The first-order valence-corrected chi connectivity index (χ1v) is 6.66. The van der Waals surface area contributed by atoms with Gasteiger partial charge in [0.15, 0.2) is 0 Å². The molecule has 1 atom stereocenters. The Kier molecular flexibility index (Phi) is 3.93. The Labute approximate surface area is 108 Å². The van der Waals surface area contributed by atoms with Gasteiger partial charge in [0.05, 0.1) is 5.92 Å². The lowest BCUT2D eigenvalue weighted by molar-refractivity contribution is -0.143. The molecule has 1 aromatic rings. The third-order valence-corrected chi connectivity index (χ3v) is 3.87. The summed E-state index contributed by atoms with van der Waals surface area (Å²) in [7, 11) is 0. The van der Waals surface area contributed by atoms with E-state index in [1.807, 2.05) is 0 Å². The highest BCUT2D eigenvalue weighted by Crippen LogP contribution is 2.19. The Morgan fingerprint density at radius 1 is 1.61 bits per heavy atom. The molecule has 1 aliphatic rings. The lowest BCUT2D eigenvalue weighted by Crippen LogP contribution is -2.42. The maximum atomic E-state index is 12.1. The van der Waals surface area contributed by atoms with Crippen molar-refractivity contribution in [3.05, 3.63) is 16.1 Å². The fourth-order valence-corrected chi connectivity index (χ4v) is 2.68. The van der Waals surface area contributed by atoms with Crippen LogP contribution < -0.4 is 5.73 Å². The maximum Gasteiger partial charge on any atom is 0.308 e. The number of amides is 1. The quantitative estimate of drug-likeness (QED) is 0.834.